The molecule has 5 heteroatoms. The third kappa shape index (κ3) is 4.78. The van der Waals surface area contributed by atoms with Crippen molar-refractivity contribution in [2.45, 2.75) is 20.0 Å². The second-order valence-electron chi connectivity index (χ2n) is 5.23. The molecule has 0 N–H and O–H groups in total. The number of hydrogen-bond donors (Lipinski definition) is 0. The molecule has 0 bridgehead atoms. The lowest BCUT2D eigenvalue weighted by Gasteiger charge is -2.13. The lowest BCUT2D eigenvalue weighted by atomic mass is 10.1. The van der Waals surface area contributed by atoms with Crippen molar-refractivity contribution in [3.63, 3.8) is 0 Å². The summed E-state index contributed by atoms with van der Waals surface area (Å²) in [6.45, 7) is 2.68. The van der Waals surface area contributed by atoms with Crippen LogP contribution in [0.2, 0.25) is 0 Å². The summed E-state index contributed by atoms with van der Waals surface area (Å²) >= 11 is 0. The van der Waals surface area contributed by atoms with E-state index in [4.69, 9.17) is 9.47 Å². The maximum Gasteiger partial charge on any atom is 0.344 e. The highest BCUT2D eigenvalue weighted by molar-refractivity contribution is 6.00. The Labute approximate surface area is 140 Å². The van der Waals surface area contributed by atoms with E-state index < -0.39 is 12.1 Å². The molecule has 0 spiro atoms. The molecule has 0 saturated heterocycles. The van der Waals surface area contributed by atoms with Gasteiger partial charge in [-0.05, 0) is 38.1 Å². The molecular formula is C19H18O5. The molecule has 1 unspecified atom stereocenters. The average molecular weight is 326 g/mol. The summed E-state index contributed by atoms with van der Waals surface area (Å²) in [6.07, 6.45) is -0.886. The molecule has 0 aromatic heterocycles. The van der Waals surface area contributed by atoms with E-state index in [0.29, 0.717) is 16.9 Å². The van der Waals surface area contributed by atoms with Gasteiger partial charge in [0.1, 0.15) is 5.75 Å². The van der Waals surface area contributed by atoms with Crippen LogP contribution in [-0.4, -0.2) is 30.2 Å². The highest BCUT2D eigenvalue weighted by atomic mass is 16.6. The molecule has 0 heterocycles. The van der Waals surface area contributed by atoms with Gasteiger partial charge in [-0.2, -0.15) is 0 Å². The predicted octanol–water partition coefficient (Wildman–Crippen LogP) is 3.08. The van der Waals surface area contributed by atoms with E-state index >= 15 is 0 Å². The molecule has 0 radical (unpaired) electrons. The van der Waals surface area contributed by atoms with E-state index in [9.17, 15) is 14.4 Å². The van der Waals surface area contributed by atoms with Gasteiger partial charge in [0, 0.05) is 11.1 Å². The number of carbonyl (C=O) groups excluding carboxylic acids is 3. The summed E-state index contributed by atoms with van der Waals surface area (Å²) in [6, 6.07) is 15.1. The van der Waals surface area contributed by atoms with Crippen LogP contribution in [0.3, 0.4) is 0 Å². The van der Waals surface area contributed by atoms with Crippen LogP contribution in [-0.2, 0) is 9.53 Å². The fraction of sp³-hybridized carbons (Fsp3) is 0.211. The van der Waals surface area contributed by atoms with Crippen molar-refractivity contribution < 1.29 is 23.9 Å². The first kappa shape index (κ1) is 17.4. The van der Waals surface area contributed by atoms with E-state index in [1.54, 1.807) is 54.6 Å². The number of esters is 1. The number of hydrogen-bond acceptors (Lipinski definition) is 5. The Morgan fingerprint density at radius 1 is 0.917 bits per heavy atom. The largest absolute Gasteiger partial charge is 0.482 e. The van der Waals surface area contributed by atoms with Crippen LogP contribution in [0.5, 0.6) is 5.75 Å². The standard InChI is InChI=1S/C19H18O5/c1-13(20)15-8-10-17(11-9-15)23-12-18(21)24-14(2)19(22)16-6-4-3-5-7-16/h3-11,14H,12H2,1-2H3. The maximum atomic E-state index is 12.1. The first-order valence-electron chi connectivity index (χ1n) is 7.50. The number of rotatable bonds is 7. The van der Waals surface area contributed by atoms with E-state index in [1.165, 1.54) is 13.8 Å². The molecule has 0 fully saturated rings. The predicted molar refractivity (Wildman–Crippen MR) is 88.3 cm³/mol. The summed E-state index contributed by atoms with van der Waals surface area (Å²) < 4.78 is 10.4. The fourth-order valence-electron chi connectivity index (χ4n) is 2.05. The number of benzene rings is 2. The molecule has 0 aliphatic rings. The van der Waals surface area contributed by atoms with Crippen LogP contribution in [0.25, 0.3) is 0 Å². The van der Waals surface area contributed by atoms with Gasteiger partial charge < -0.3 is 9.47 Å². The van der Waals surface area contributed by atoms with Crippen LogP contribution < -0.4 is 4.74 Å². The number of ketones is 2. The minimum atomic E-state index is -0.886. The molecule has 0 aliphatic heterocycles. The van der Waals surface area contributed by atoms with Crippen molar-refractivity contribution >= 4 is 17.5 Å². The minimum absolute atomic E-state index is 0.0470. The van der Waals surface area contributed by atoms with Crippen LogP contribution in [0.1, 0.15) is 34.6 Å². The summed E-state index contributed by atoms with van der Waals surface area (Å²) in [5, 5.41) is 0. The fourth-order valence-corrected chi connectivity index (χ4v) is 2.05. The lowest BCUT2D eigenvalue weighted by Crippen LogP contribution is -2.27. The van der Waals surface area contributed by atoms with Crippen LogP contribution in [0.15, 0.2) is 54.6 Å². The first-order chi connectivity index (χ1) is 11.5. The molecule has 2 rings (SSSR count). The zero-order valence-electron chi connectivity index (χ0n) is 13.5. The molecule has 124 valence electrons. The van der Waals surface area contributed by atoms with Crippen molar-refractivity contribution in [3.05, 3.63) is 65.7 Å². The number of ether oxygens (including phenoxy) is 2. The second kappa shape index (κ2) is 8.06. The van der Waals surface area contributed by atoms with E-state index in [0.717, 1.165) is 0 Å². The highest BCUT2D eigenvalue weighted by Crippen LogP contribution is 2.13. The Morgan fingerprint density at radius 3 is 2.12 bits per heavy atom. The number of carbonyl (C=O) groups is 3. The maximum absolute atomic E-state index is 12.1. The van der Waals surface area contributed by atoms with Crippen molar-refractivity contribution in [1.82, 2.24) is 0 Å². The first-order valence-corrected chi connectivity index (χ1v) is 7.50. The average Bonchev–Trinajstić information content (AvgIpc) is 2.60. The second-order valence-corrected chi connectivity index (χ2v) is 5.23. The van der Waals surface area contributed by atoms with Gasteiger partial charge in [-0.3, -0.25) is 9.59 Å². The number of Topliss-reactive ketones (excluding diaryl/α,β-unsaturated/α-hetero) is 2. The zero-order chi connectivity index (χ0) is 17.5. The monoisotopic (exact) mass is 326 g/mol. The van der Waals surface area contributed by atoms with Crippen molar-refractivity contribution in [2.24, 2.45) is 0 Å². The summed E-state index contributed by atoms with van der Waals surface area (Å²) in [5.41, 5.74) is 1.05. The Morgan fingerprint density at radius 2 is 1.54 bits per heavy atom. The minimum Gasteiger partial charge on any atom is -0.482 e. The Bertz CT molecular complexity index is 719. The van der Waals surface area contributed by atoms with Crippen LogP contribution in [0, 0.1) is 0 Å². The van der Waals surface area contributed by atoms with E-state index in [-0.39, 0.29) is 18.2 Å². The van der Waals surface area contributed by atoms with Gasteiger partial charge in [-0.25, -0.2) is 4.79 Å². The molecular weight excluding hydrogens is 308 g/mol. The Kier molecular flexibility index (Phi) is 5.84. The summed E-state index contributed by atoms with van der Waals surface area (Å²) in [5.74, 6) is -0.509. The quantitative estimate of drug-likeness (QED) is 0.578. The topological polar surface area (TPSA) is 69.7 Å². The molecule has 0 saturated carbocycles. The van der Waals surface area contributed by atoms with Crippen molar-refractivity contribution in [1.29, 1.82) is 0 Å². The van der Waals surface area contributed by atoms with E-state index in [1.807, 2.05) is 0 Å². The van der Waals surface area contributed by atoms with Crippen molar-refractivity contribution in [3.8, 4) is 5.75 Å². The zero-order valence-corrected chi connectivity index (χ0v) is 13.5. The summed E-state index contributed by atoms with van der Waals surface area (Å²) in [4.78, 5) is 35.1. The lowest BCUT2D eigenvalue weighted by molar-refractivity contribution is -0.148. The highest BCUT2D eigenvalue weighted by Gasteiger charge is 2.19. The molecule has 0 aliphatic carbocycles. The Balaban J connectivity index is 1.84. The molecule has 0 amide bonds. The van der Waals surface area contributed by atoms with Gasteiger partial charge >= 0.3 is 5.97 Å². The van der Waals surface area contributed by atoms with Gasteiger partial charge in [0.25, 0.3) is 0 Å². The SMILES string of the molecule is CC(=O)c1ccc(OCC(=O)OC(C)C(=O)c2ccccc2)cc1. The third-order valence-electron chi connectivity index (χ3n) is 3.35. The molecule has 24 heavy (non-hydrogen) atoms. The van der Waals surface area contributed by atoms with Crippen LogP contribution in [0.4, 0.5) is 0 Å². The molecule has 2 aromatic carbocycles. The Hall–Kier alpha value is -2.95. The van der Waals surface area contributed by atoms with Crippen LogP contribution >= 0.6 is 0 Å². The van der Waals surface area contributed by atoms with Gasteiger partial charge in [-0.1, -0.05) is 30.3 Å². The van der Waals surface area contributed by atoms with Gasteiger partial charge in [0.05, 0.1) is 0 Å². The molecule has 2 aromatic rings. The van der Waals surface area contributed by atoms with Gasteiger partial charge in [0.2, 0.25) is 5.78 Å². The van der Waals surface area contributed by atoms with E-state index in [2.05, 4.69) is 0 Å². The summed E-state index contributed by atoms with van der Waals surface area (Å²) in [7, 11) is 0. The third-order valence-corrected chi connectivity index (χ3v) is 3.35. The van der Waals surface area contributed by atoms with Gasteiger partial charge in [-0.15, -0.1) is 0 Å². The smallest absolute Gasteiger partial charge is 0.344 e. The normalized spacial score (nSPS) is 11.4. The van der Waals surface area contributed by atoms with Gasteiger partial charge in [0.15, 0.2) is 18.5 Å². The molecule has 1 atom stereocenters. The van der Waals surface area contributed by atoms with Crippen molar-refractivity contribution in [2.75, 3.05) is 6.61 Å². The molecule has 5 nitrogen and oxygen atoms in total.